The summed E-state index contributed by atoms with van der Waals surface area (Å²) in [5.74, 6) is 0.649. The fourth-order valence-corrected chi connectivity index (χ4v) is 3.94. The molecule has 3 aromatic rings. The molecule has 2 nitrogen and oxygen atoms in total. The summed E-state index contributed by atoms with van der Waals surface area (Å²) < 4.78 is 39.3. The summed E-state index contributed by atoms with van der Waals surface area (Å²) in [5, 5.41) is 1.31. The van der Waals surface area contributed by atoms with Crippen LogP contribution >= 0.6 is 23.4 Å². The van der Waals surface area contributed by atoms with E-state index in [1.807, 2.05) is 12.1 Å². The van der Waals surface area contributed by atoms with Crippen molar-refractivity contribution in [3.8, 4) is 0 Å². The molecule has 0 atom stereocenters. The average Bonchev–Trinajstić information content (AvgIpc) is 2.66. The van der Waals surface area contributed by atoms with Gasteiger partial charge >= 0.3 is 6.18 Å². The fraction of sp³-hybridized carbons (Fsp3) is 0.238. The molecule has 7 heteroatoms. The van der Waals surface area contributed by atoms with E-state index in [2.05, 4.69) is 4.98 Å². The number of halogens is 4. The molecule has 0 bridgehead atoms. The maximum absolute atomic E-state index is 13.1. The minimum Gasteiger partial charge on any atom is -0.299 e. The number of rotatable bonds is 7. The highest BCUT2D eigenvalue weighted by atomic mass is 35.5. The molecule has 0 aliphatic carbocycles. The second-order valence-electron chi connectivity index (χ2n) is 6.31. The average molecular weight is 424 g/mol. The van der Waals surface area contributed by atoms with Crippen molar-refractivity contribution in [2.45, 2.75) is 30.3 Å². The predicted molar refractivity (Wildman–Crippen MR) is 107 cm³/mol. The standard InChI is InChI=1S/C21H17ClF3NOS/c22-15-9-7-14(8-10-15)12-16(27)4-3-11-28-19-13-20(21(23,24)25)26-18-6-2-1-5-17(18)19/h1-2,5-10,13H,3-4,11-12H2. The minimum absolute atomic E-state index is 0.0958. The second-order valence-corrected chi connectivity index (χ2v) is 7.89. The molecule has 0 N–H and O–H groups in total. The molecular weight excluding hydrogens is 407 g/mol. The molecular formula is C21H17ClF3NOS. The summed E-state index contributed by atoms with van der Waals surface area (Å²) in [6.45, 7) is 0. The second kappa shape index (κ2) is 8.97. The van der Waals surface area contributed by atoms with Gasteiger partial charge in [-0.2, -0.15) is 13.2 Å². The van der Waals surface area contributed by atoms with Crippen LogP contribution in [0.4, 0.5) is 13.2 Å². The Morgan fingerprint density at radius 2 is 1.79 bits per heavy atom. The van der Waals surface area contributed by atoms with E-state index in [4.69, 9.17) is 11.6 Å². The number of alkyl halides is 3. The summed E-state index contributed by atoms with van der Waals surface area (Å²) in [6.07, 6.45) is -3.19. The molecule has 1 aromatic heterocycles. The maximum atomic E-state index is 13.1. The van der Waals surface area contributed by atoms with Gasteiger partial charge in [-0.05, 0) is 42.0 Å². The summed E-state index contributed by atoms with van der Waals surface area (Å²) in [6, 6.07) is 15.0. The van der Waals surface area contributed by atoms with Crippen molar-refractivity contribution < 1.29 is 18.0 Å². The van der Waals surface area contributed by atoms with E-state index in [0.717, 1.165) is 11.6 Å². The topological polar surface area (TPSA) is 30.0 Å². The van der Waals surface area contributed by atoms with Crippen molar-refractivity contribution >= 4 is 40.0 Å². The molecule has 146 valence electrons. The fourth-order valence-electron chi connectivity index (χ4n) is 2.78. The lowest BCUT2D eigenvalue weighted by Gasteiger charge is -2.11. The summed E-state index contributed by atoms with van der Waals surface area (Å²) >= 11 is 7.15. The van der Waals surface area contributed by atoms with Crippen molar-refractivity contribution in [1.82, 2.24) is 4.98 Å². The number of hydrogen-bond acceptors (Lipinski definition) is 3. The normalized spacial score (nSPS) is 11.7. The van der Waals surface area contributed by atoms with E-state index in [0.29, 0.717) is 45.8 Å². The number of thioether (sulfide) groups is 1. The number of carbonyl (C=O) groups excluding carboxylic acids is 1. The largest absolute Gasteiger partial charge is 0.433 e. The van der Waals surface area contributed by atoms with E-state index in [1.165, 1.54) is 11.8 Å². The number of carbonyl (C=O) groups is 1. The van der Waals surface area contributed by atoms with Crippen LogP contribution in [0.2, 0.25) is 5.02 Å². The Labute approximate surface area is 170 Å². The van der Waals surface area contributed by atoms with Gasteiger partial charge in [0.2, 0.25) is 0 Å². The van der Waals surface area contributed by atoms with Crippen molar-refractivity contribution in [3.63, 3.8) is 0 Å². The van der Waals surface area contributed by atoms with Gasteiger partial charge in [-0.1, -0.05) is 41.9 Å². The van der Waals surface area contributed by atoms with E-state index in [-0.39, 0.29) is 5.78 Å². The first-order chi connectivity index (χ1) is 13.3. The Hall–Kier alpha value is -2.05. The monoisotopic (exact) mass is 423 g/mol. The van der Waals surface area contributed by atoms with Gasteiger partial charge in [0.05, 0.1) is 5.52 Å². The zero-order chi connectivity index (χ0) is 20.1. The van der Waals surface area contributed by atoms with Crippen molar-refractivity contribution in [1.29, 1.82) is 0 Å². The predicted octanol–water partition coefficient (Wildman–Crippen LogP) is 6.59. The van der Waals surface area contributed by atoms with Gasteiger partial charge in [-0.3, -0.25) is 4.79 Å². The maximum Gasteiger partial charge on any atom is 0.433 e. The first-order valence-corrected chi connectivity index (χ1v) is 10.1. The van der Waals surface area contributed by atoms with E-state index >= 15 is 0 Å². The Kier molecular flexibility index (Phi) is 6.62. The zero-order valence-corrected chi connectivity index (χ0v) is 16.4. The zero-order valence-electron chi connectivity index (χ0n) is 14.8. The molecule has 0 spiro atoms. The smallest absolute Gasteiger partial charge is 0.299 e. The quantitative estimate of drug-likeness (QED) is 0.317. The summed E-state index contributed by atoms with van der Waals surface area (Å²) in [4.78, 5) is 16.4. The number of benzene rings is 2. The molecule has 28 heavy (non-hydrogen) atoms. The van der Waals surface area contributed by atoms with Crippen LogP contribution in [-0.4, -0.2) is 16.5 Å². The van der Waals surface area contributed by atoms with Gasteiger partial charge in [0.1, 0.15) is 11.5 Å². The van der Waals surface area contributed by atoms with Crippen molar-refractivity contribution in [2.24, 2.45) is 0 Å². The van der Waals surface area contributed by atoms with Gasteiger partial charge in [-0.25, -0.2) is 4.98 Å². The molecule has 0 saturated carbocycles. The molecule has 0 saturated heterocycles. The SMILES string of the molecule is O=C(CCCSc1cc(C(F)(F)F)nc2ccccc12)Cc1ccc(Cl)cc1. The van der Waals surface area contributed by atoms with Gasteiger partial charge in [0.25, 0.3) is 0 Å². The Morgan fingerprint density at radius 3 is 2.50 bits per heavy atom. The van der Waals surface area contributed by atoms with E-state index in [9.17, 15) is 18.0 Å². The third-order valence-corrected chi connectivity index (χ3v) is 5.53. The van der Waals surface area contributed by atoms with Gasteiger partial charge in [-0.15, -0.1) is 11.8 Å². The molecule has 0 amide bonds. The lowest BCUT2D eigenvalue weighted by molar-refractivity contribution is -0.141. The molecule has 3 rings (SSSR count). The van der Waals surface area contributed by atoms with E-state index < -0.39 is 11.9 Å². The number of aromatic nitrogens is 1. The number of ketones is 1. The number of nitrogens with zero attached hydrogens (tertiary/aromatic N) is 1. The minimum atomic E-state index is -4.49. The third kappa shape index (κ3) is 5.49. The van der Waals surface area contributed by atoms with Gasteiger partial charge in [0.15, 0.2) is 0 Å². The highest BCUT2D eigenvalue weighted by molar-refractivity contribution is 7.99. The molecule has 1 heterocycles. The lowest BCUT2D eigenvalue weighted by atomic mass is 10.1. The van der Waals surface area contributed by atoms with E-state index in [1.54, 1.807) is 36.4 Å². The number of hydrogen-bond donors (Lipinski definition) is 0. The van der Waals surface area contributed by atoms with Crippen LogP contribution in [0.15, 0.2) is 59.5 Å². The van der Waals surface area contributed by atoms with Gasteiger partial charge < -0.3 is 0 Å². The summed E-state index contributed by atoms with van der Waals surface area (Å²) in [5.41, 5.74) is 0.322. The Bertz CT molecular complexity index is 974. The Balaban J connectivity index is 1.60. The number of fused-ring (bicyclic) bond motifs is 1. The highest BCUT2D eigenvalue weighted by Gasteiger charge is 2.33. The third-order valence-electron chi connectivity index (χ3n) is 4.14. The van der Waals surface area contributed by atoms with Crippen LogP contribution in [-0.2, 0) is 17.4 Å². The summed E-state index contributed by atoms with van der Waals surface area (Å²) in [7, 11) is 0. The van der Waals surface area contributed by atoms with Gasteiger partial charge in [0, 0.05) is 28.1 Å². The molecule has 0 fully saturated rings. The molecule has 2 aromatic carbocycles. The molecule has 0 radical (unpaired) electrons. The molecule has 0 aliphatic heterocycles. The first kappa shape index (κ1) is 20.7. The van der Waals surface area contributed by atoms with Crippen molar-refractivity contribution in [3.05, 3.63) is 70.9 Å². The number of para-hydroxylation sites is 1. The van der Waals surface area contributed by atoms with Crippen LogP contribution in [0, 0.1) is 0 Å². The van der Waals surface area contributed by atoms with Crippen LogP contribution in [0.25, 0.3) is 10.9 Å². The highest BCUT2D eigenvalue weighted by Crippen LogP contribution is 2.35. The first-order valence-electron chi connectivity index (χ1n) is 8.69. The van der Waals surface area contributed by atoms with Crippen LogP contribution in [0.5, 0.6) is 0 Å². The molecule has 0 aliphatic rings. The van der Waals surface area contributed by atoms with Crippen LogP contribution in [0.1, 0.15) is 24.1 Å². The van der Waals surface area contributed by atoms with Crippen molar-refractivity contribution in [2.75, 3.05) is 5.75 Å². The molecule has 0 unspecified atom stereocenters. The number of pyridine rings is 1. The number of Topliss-reactive ketones (excluding diaryl/α,β-unsaturated/α-hetero) is 1. The van der Waals surface area contributed by atoms with Crippen LogP contribution < -0.4 is 0 Å². The van der Waals surface area contributed by atoms with Crippen LogP contribution in [0.3, 0.4) is 0 Å². The Morgan fingerprint density at radius 1 is 1.07 bits per heavy atom. The lowest BCUT2D eigenvalue weighted by Crippen LogP contribution is -2.08.